The van der Waals surface area contributed by atoms with Gasteiger partial charge in [0.15, 0.2) is 5.69 Å². The first-order valence-corrected chi connectivity index (χ1v) is 5.80. The predicted molar refractivity (Wildman–Crippen MR) is 68.4 cm³/mol. The molecule has 0 amide bonds. The Labute approximate surface area is 108 Å². The summed E-state index contributed by atoms with van der Waals surface area (Å²) in [7, 11) is 0. The van der Waals surface area contributed by atoms with Crippen molar-refractivity contribution in [2.24, 2.45) is 10.3 Å². The van der Waals surface area contributed by atoms with Gasteiger partial charge in [-0.2, -0.15) is 5.10 Å². The second-order valence-electron chi connectivity index (χ2n) is 4.04. The van der Waals surface area contributed by atoms with Gasteiger partial charge in [0.2, 0.25) is 0 Å². The third-order valence-corrected chi connectivity index (χ3v) is 2.84. The number of para-hydroxylation sites is 1. The molecule has 0 spiro atoms. The van der Waals surface area contributed by atoms with Gasteiger partial charge in [0.25, 0.3) is 0 Å². The van der Waals surface area contributed by atoms with Gasteiger partial charge in [-0.3, -0.25) is 5.43 Å². The summed E-state index contributed by atoms with van der Waals surface area (Å²) in [5, 5.41) is 24.1. The summed E-state index contributed by atoms with van der Waals surface area (Å²) in [4.78, 5) is 0. The van der Waals surface area contributed by atoms with Gasteiger partial charge < -0.3 is 5.21 Å². The van der Waals surface area contributed by atoms with E-state index >= 15 is 0 Å². The van der Waals surface area contributed by atoms with Gasteiger partial charge in [-0.25, -0.2) is 4.63 Å². The van der Waals surface area contributed by atoms with E-state index in [4.69, 9.17) is 9.84 Å². The van der Waals surface area contributed by atoms with Crippen LogP contribution in [0.25, 0.3) is 0 Å². The van der Waals surface area contributed by atoms with Crippen LogP contribution in [0.4, 0.5) is 5.69 Å². The third-order valence-electron chi connectivity index (χ3n) is 2.84. The first-order chi connectivity index (χ1) is 9.38. The second kappa shape index (κ2) is 4.89. The molecule has 96 valence electrons. The minimum Gasteiger partial charge on any atom is -0.411 e. The zero-order valence-corrected chi connectivity index (χ0v) is 9.95. The van der Waals surface area contributed by atoms with Gasteiger partial charge in [-0.05, 0) is 17.3 Å². The van der Waals surface area contributed by atoms with Gasteiger partial charge in [-0.1, -0.05) is 28.5 Å². The van der Waals surface area contributed by atoms with Crippen molar-refractivity contribution in [2.75, 3.05) is 5.43 Å². The number of oxime groups is 1. The first-order valence-electron chi connectivity index (χ1n) is 5.80. The molecular weight excluding hydrogens is 246 g/mol. The molecule has 7 nitrogen and oxygen atoms in total. The highest BCUT2D eigenvalue weighted by atomic mass is 16.6. The summed E-state index contributed by atoms with van der Waals surface area (Å²) < 4.78 is 4.70. The van der Waals surface area contributed by atoms with Gasteiger partial charge in [0, 0.05) is 12.8 Å². The number of benzene rings is 1. The van der Waals surface area contributed by atoms with Crippen LogP contribution in [0.3, 0.4) is 0 Å². The van der Waals surface area contributed by atoms with Crippen molar-refractivity contribution in [1.29, 1.82) is 0 Å². The number of hydrazone groups is 1. The molecule has 1 heterocycles. The monoisotopic (exact) mass is 257 g/mol. The van der Waals surface area contributed by atoms with Crippen molar-refractivity contribution in [3.05, 3.63) is 41.7 Å². The Morgan fingerprint density at radius 3 is 2.79 bits per heavy atom. The molecule has 0 atom stereocenters. The molecule has 0 bridgehead atoms. The van der Waals surface area contributed by atoms with Crippen LogP contribution in [-0.2, 0) is 6.42 Å². The van der Waals surface area contributed by atoms with Gasteiger partial charge in [-0.15, -0.1) is 0 Å². The zero-order valence-electron chi connectivity index (χ0n) is 9.95. The highest BCUT2D eigenvalue weighted by Crippen LogP contribution is 2.17. The van der Waals surface area contributed by atoms with Crippen LogP contribution in [0.15, 0.2) is 45.2 Å². The van der Waals surface area contributed by atoms with E-state index in [1.165, 1.54) is 0 Å². The fourth-order valence-electron chi connectivity index (χ4n) is 1.89. The molecule has 19 heavy (non-hydrogen) atoms. The summed E-state index contributed by atoms with van der Waals surface area (Å²) >= 11 is 0. The van der Waals surface area contributed by atoms with E-state index in [1.54, 1.807) is 0 Å². The summed E-state index contributed by atoms with van der Waals surface area (Å²) in [6.07, 6.45) is 1.18. The Kier molecular flexibility index (Phi) is 2.93. The number of aromatic nitrogens is 2. The molecule has 0 unspecified atom stereocenters. The van der Waals surface area contributed by atoms with Crippen LogP contribution in [0, 0.1) is 0 Å². The maximum atomic E-state index is 9.02. The molecule has 1 aliphatic rings. The number of nitrogens with zero attached hydrogens (tertiary/aromatic N) is 4. The predicted octanol–water partition coefficient (Wildman–Crippen LogP) is 1.66. The topological polar surface area (TPSA) is 95.9 Å². The number of aryl methyl sites for hydroxylation is 1. The van der Waals surface area contributed by atoms with Gasteiger partial charge >= 0.3 is 0 Å². The van der Waals surface area contributed by atoms with E-state index < -0.39 is 0 Å². The number of anilines is 1. The Bertz CT molecular complexity index is 633. The van der Waals surface area contributed by atoms with Gasteiger partial charge in [0.05, 0.1) is 5.69 Å². The van der Waals surface area contributed by atoms with Crippen LogP contribution < -0.4 is 5.43 Å². The number of rotatable bonds is 2. The molecule has 0 aliphatic heterocycles. The first kappa shape index (κ1) is 11.4. The fourth-order valence-corrected chi connectivity index (χ4v) is 1.89. The van der Waals surface area contributed by atoms with Crippen LogP contribution in [-0.4, -0.2) is 26.9 Å². The van der Waals surface area contributed by atoms with E-state index in [2.05, 4.69) is 26.0 Å². The van der Waals surface area contributed by atoms with Crippen LogP contribution in [0.1, 0.15) is 17.8 Å². The second-order valence-corrected chi connectivity index (χ2v) is 4.04. The lowest BCUT2D eigenvalue weighted by molar-refractivity contribution is 0.303. The summed E-state index contributed by atoms with van der Waals surface area (Å²) in [5.41, 5.74) is 5.88. The van der Waals surface area contributed by atoms with Crippen LogP contribution in [0.2, 0.25) is 0 Å². The van der Waals surface area contributed by atoms with Crippen molar-refractivity contribution < 1.29 is 9.84 Å². The molecular formula is C12H11N5O2. The lowest BCUT2D eigenvalue weighted by atomic mass is 9.97. The normalized spacial score (nSPS) is 18.5. The van der Waals surface area contributed by atoms with Crippen LogP contribution >= 0.6 is 0 Å². The highest BCUT2D eigenvalue weighted by molar-refractivity contribution is 6.48. The van der Waals surface area contributed by atoms with Crippen molar-refractivity contribution in [3.63, 3.8) is 0 Å². The average molecular weight is 257 g/mol. The average Bonchev–Trinajstić information content (AvgIpc) is 2.94. The molecule has 2 N–H and O–H groups in total. The van der Waals surface area contributed by atoms with Crippen LogP contribution in [0.5, 0.6) is 0 Å². The molecule has 0 radical (unpaired) electrons. The molecule has 3 rings (SSSR count). The Balaban J connectivity index is 1.94. The standard InChI is InChI=1S/C12H11N5O2/c18-15-9-6-7-10-12(17-19-16-10)11(9)14-13-8-4-2-1-3-5-8/h1-5,13,18H,6-7H2/b14-11-,15-9-. The van der Waals surface area contributed by atoms with E-state index in [1.807, 2.05) is 30.3 Å². The van der Waals surface area contributed by atoms with Crippen molar-refractivity contribution in [2.45, 2.75) is 12.8 Å². The molecule has 1 aromatic carbocycles. The van der Waals surface area contributed by atoms with Gasteiger partial charge in [0.1, 0.15) is 17.1 Å². The molecule has 2 aromatic rings. The maximum Gasteiger partial charge on any atom is 0.160 e. The largest absolute Gasteiger partial charge is 0.411 e. The molecule has 0 saturated carbocycles. The zero-order chi connectivity index (χ0) is 13.1. The summed E-state index contributed by atoms with van der Waals surface area (Å²) in [5.74, 6) is 0. The van der Waals surface area contributed by atoms with E-state index in [-0.39, 0.29) is 0 Å². The molecule has 0 fully saturated rings. The summed E-state index contributed by atoms with van der Waals surface area (Å²) in [6.45, 7) is 0. The summed E-state index contributed by atoms with van der Waals surface area (Å²) in [6, 6.07) is 9.47. The number of nitrogens with one attached hydrogen (secondary N) is 1. The number of hydrogen-bond acceptors (Lipinski definition) is 7. The number of hydrogen-bond donors (Lipinski definition) is 2. The minimum atomic E-state index is 0.453. The quantitative estimate of drug-likeness (QED) is 0.630. The van der Waals surface area contributed by atoms with E-state index in [9.17, 15) is 0 Å². The third kappa shape index (κ3) is 2.17. The Morgan fingerprint density at radius 1 is 1.16 bits per heavy atom. The maximum absolute atomic E-state index is 9.02. The number of fused-ring (bicyclic) bond motifs is 1. The Morgan fingerprint density at radius 2 is 2.00 bits per heavy atom. The molecule has 1 aromatic heterocycles. The van der Waals surface area contributed by atoms with E-state index in [0.717, 1.165) is 11.4 Å². The smallest absolute Gasteiger partial charge is 0.160 e. The molecule has 1 aliphatic carbocycles. The lowest BCUT2D eigenvalue weighted by Gasteiger charge is -2.11. The van der Waals surface area contributed by atoms with Crippen molar-refractivity contribution in [1.82, 2.24) is 10.3 Å². The molecule has 0 saturated heterocycles. The lowest BCUT2D eigenvalue weighted by Crippen LogP contribution is -2.24. The minimum absolute atomic E-state index is 0.453. The van der Waals surface area contributed by atoms with Crippen molar-refractivity contribution in [3.8, 4) is 0 Å². The Hall–Kier alpha value is -2.70. The van der Waals surface area contributed by atoms with E-state index in [0.29, 0.717) is 30.0 Å². The SMILES string of the molecule is O/N=C1/CCc2nonc2/C1=N\Nc1ccccc1. The molecule has 7 heteroatoms. The highest BCUT2D eigenvalue weighted by Gasteiger charge is 2.27. The van der Waals surface area contributed by atoms with Crippen molar-refractivity contribution >= 4 is 17.1 Å². The fraction of sp³-hybridized carbons (Fsp3) is 0.167.